The summed E-state index contributed by atoms with van der Waals surface area (Å²) in [6.07, 6.45) is 5.27. The Morgan fingerprint density at radius 3 is 2.52 bits per heavy atom. The summed E-state index contributed by atoms with van der Waals surface area (Å²) in [5, 5.41) is 2.95. The number of nitrogens with one attached hydrogen (secondary N) is 1. The summed E-state index contributed by atoms with van der Waals surface area (Å²) in [6, 6.07) is 8.26. The normalized spacial score (nSPS) is 24.4. The minimum atomic E-state index is -0.567. The fourth-order valence-corrected chi connectivity index (χ4v) is 3.43. The predicted octanol–water partition coefficient (Wildman–Crippen LogP) is 2.52. The van der Waals surface area contributed by atoms with Gasteiger partial charge >= 0.3 is 11.9 Å². The van der Waals surface area contributed by atoms with E-state index in [-0.39, 0.29) is 30.3 Å². The SMILES string of the molecule is C=C[C@H]1C[C@@H](/C=C/C(=O)OC)[C@@H](NC(=O)c2ccccc2)[C@@H]1C(=O)OCC. The third-order valence-corrected chi connectivity index (χ3v) is 4.73. The monoisotopic (exact) mass is 371 g/mol. The second kappa shape index (κ2) is 9.71. The summed E-state index contributed by atoms with van der Waals surface area (Å²) >= 11 is 0. The van der Waals surface area contributed by atoms with E-state index in [4.69, 9.17) is 4.74 Å². The highest BCUT2D eigenvalue weighted by Gasteiger charge is 2.46. The van der Waals surface area contributed by atoms with Crippen LogP contribution < -0.4 is 5.32 Å². The molecule has 1 aliphatic rings. The average molecular weight is 371 g/mol. The van der Waals surface area contributed by atoms with Gasteiger partial charge in [-0.15, -0.1) is 6.58 Å². The zero-order valence-corrected chi connectivity index (χ0v) is 15.6. The number of esters is 2. The number of methoxy groups -OCH3 is 1. The molecule has 27 heavy (non-hydrogen) atoms. The maximum atomic E-state index is 12.7. The molecule has 6 heteroatoms. The number of carbonyl (C=O) groups excluding carboxylic acids is 3. The minimum Gasteiger partial charge on any atom is -0.466 e. The Hall–Kier alpha value is -2.89. The topological polar surface area (TPSA) is 81.7 Å². The largest absolute Gasteiger partial charge is 0.466 e. The first-order valence-corrected chi connectivity index (χ1v) is 8.93. The first-order chi connectivity index (χ1) is 13.0. The number of carbonyl (C=O) groups is 3. The van der Waals surface area contributed by atoms with Crippen LogP contribution in [0.1, 0.15) is 23.7 Å². The molecule has 0 unspecified atom stereocenters. The zero-order chi connectivity index (χ0) is 19.8. The lowest BCUT2D eigenvalue weighted by Gasteiger charge is -2.25. The van der Waals surface area contributed by atoms with E-state index in [0.717, 1.165) is 0 Å². The van der Waals surface area contributed by atoms with E-state index >= 15 is 0 Å². The molecule has 1 amide bonds. The average Bonchev–Trinajstić information content (AvgIpc) is 3.04. The van der Waals surface area contributed by atoms with Crippen molar-refractivity contribution in [3.05, 3.63) is 60.7 Å². The molecule has 0 aliphatic heterocycles. The molecule has 0 heterocycles. The molecule has 4 atom stereocenters. The van der Waals surface area contributed by atoms with Gasteiger partial charge in [-0.3, -0.25) is 9.59 Å². The second-order valence-electron chi connectivity index (χ2n) is 6.32. The molecular weight excluding hydrogens is 346 g/mol. The Kier molecular flexibility index (Phi) is 7.34. The van der Waals surface area contributed by atoms with Crippen molar-refractivity contribution in [2.24, 2.45) is 17.8 Å². The maximum absolute atomic E-state index is 12.7. The summed E-state index contributed by atoms with van der Waals surface area (Å²) in [6.45, 7) is 5.81. The molecule has 2 rings (SSSR count). The van der Waals surface area contributed by atoms with Crippen molar-refractivity contribution in [1.29, 1.82) is 0 Å². The fourth-order valence-electron chi connectivity index (χ4n) is 3.43. The number of hydrogen-bond acceptors (Lipinski definition) is 5. The number of allylic oxidation sites excluding steroid dienone is 1. The van der Waals surface area contributed by atoms with Crippen LogP contribution in [-0.2, 0) is 19.1 Å². The van der Waals surface area contributed by atoms with Crippen LogP contribution in [0.15, 0.2) is 55.1 Å². The van der Waals surface area contributed by atoms with Crippen LogP contribution in [0.25, 0.3) is 0 Å². The van der Waals surface area contributed by atoms with Gasteiger partial charge in [0.05, 0.1) is 19.6 Å². The molecule has 1 aromatic carbocycles. The van der Waals surface area contributed by atoms with Gasteiger partial charge in [-0.25, -0.2) is 4.79 Å². The third kappa shape index (κ3) is 5.06. The van der Waals surface area contributed by atoms with E-state index in [1.54, 1.807) is 43.3 Å². The smallest absolute Gasteiger partial charge is 0.330 e. The number of benzene rings is 1. The molecule has 0 aromatic heterocycles. The summed E-state index contributed by atoms with van der Waals surface area (Å²) in [7, 11) is 1.30. The lowest BCUT2D eigenvalue weighted by molar-refractivity contribution is -0.149. The van der Waals surface area contributed by atoms with Gasteiger partial charge in [0.25, 0.3) is 5.91 Å². The lowest BCUT2D eigenvalue weighted by Crippen LogP contribution is -2.45. The lowest BCUT2D eigenvalue weighted by atomic mass is 9.92. The van der Waals surface area contributed by atoms with Gasteiger partial charge < -0.3 is 14.8 Å². The molecule has 0 bridgehead atoms. The Morgan fingerprint density at radius 2 is 1.93 bits per heavy atom. The van der Waals surface area contributed by atoms with Crippen LogP contribution in [0.5, 0.6) is 0 Å². The van der Waals surface area contributed by atoms with Crippen LogP contribution >= 0.6 is 0 Å². The summed E-state index contributed by atoms with van der Waals surface area (Å²) < 4.78 is 9.85. The molecule has 1 aromatic rings. The van der Waals surface area contributed by atoms with E-state index in [9.17, 15) is 14.4 Å². The Morgan fingerprint density at radius 1 is 1.22 bits per heavy atom. The molecule has 0 spiro atoms. The van der Waals surface area contributed by atoms with Gasteiger partial charge in [0.2, 0.25) is 0 Å². The van der Waals surface area contributed by atoms with Crippen molar-refractivity contribution < 1.29 is 23.9 Å². The summed E-state index contributed by atoms with van der Waals surface area (Å²) in [5.41, 5.74) is 0.498. The van der Waals surface area contributed by atoms with Crippen molar-refractivity contribution in [2.75, 3.05) is 13.7 Å². The van der Waals surface area contributed by atoms with Gasteiger partial charge in [0.15, 0.2) is 0 Å². The number of ether oxygens (including phenoxy) is 2. The van der Waals surface area contributed by atoms with Crippen molar-refractivity contribution in [3.63, 3.8) is 0 Å². The van der Waals surface area contributed by atoms with Gasteiger partial charge in [0, 0.05) is 17.7 Å². The van der Waals surface area contributed by atoms with E-state index in [1.807, 2.05) is 6.07 Å². The van der Waals surface area contributed by atoms with Gasteiger partial charge in [-0.2, -0.15) is 0 Å². The Labute approximate surface area is 159 Å². The third-order valence-electron chi connectivity index (χ3n) is 4.73. The Bertz CT molecular complexity index is 713. The van der Waals surface area contributed by atoms with Crippen LogP contribution in [-0.4, -0.2) is 37.6 Å². The van der Waals surface area contributed by atoms with Crippen LogP contribution in [0.4, 0.5) is 0 Å². The molecule has 1 aliphatic carbocycles. The van der Waals surface area contributed by atoms with Gasteiger partial charge in [0.1, 0.15) is 0 Å². The molecule has 1 N–H and O–H groups in total. The van der Waals surface area contributed by atoms with E-state index in [2.05, 4.69) is 16.6 Å². The minimum absolute atomic E-state index is 0.169. The van der Waals surface area contributed by atoms with Crippen molar-refractivity contribution in [3.8, 4) is 0 Å². The highest BCUT2D eigenvalue weighted by atomic mass is 16.5. The first-order valence-electron chi connectivity index (χ1n) is 8.93. The molecule has 6 nitrogen and oxygen atoms in total. The van der Waals surface area contributed by atoms with Gasteiger partial charge in [-0.05, 0) is 37.3 Å². The summed E-state index contributed by atoms with van der Waals surface area (Å²) in [4.78, 5) is 36.7. The summed E-state index contributed by atoms with van der Waals surface area (Å²) in [5.74, 6) is -2.11. The van der Waals surface area contributed by atoms with Crippen molar-refractivity contribution in [1.82, 2.24) is 5.32 Å². The second-order valence-corrected chi connectivity index (χ2v) is 6.32. The zero-order valence-electron chi connectivity index (χ0n) is 15.6. The number of rotatable bonds is 7. The number of hydrogen-bond donors (Lipinski definition) is 1. The maximum Gasteiger partial charge on any atom is 0.330 e. The van der Waals surface area contributed by atoms with E-state index < -0.39 is 17.9 Å². The fraction of sp³-hybridized carbons (Fsp3) is 0.381. The quantitative estimate of drug-likeness (QED) is 0.452. The van der Waals surface area contributed by atoms with Crippen LogP contribution in [0.2, 0.25) is 0 Å². The molecule has 1 fully saturated rings. The van der Waals surface area contributed by atoms with Gasteiger partial charge in [-0.1, -0.05) is 30.4 Å². The number of amides is 1. The standard InChI is InChI=1S/C21H25NO5/c1-4-14-13-16(11-12-17(23)26-3)19(18(14)21(25)27-5-2)22-20(24)15-9-7-6-8-10-15/h4,6-12,14,16,18-19H,1,5,13H2,2-3H3,(H,22,24)/b12-11+/t14-,16+,18+,19+/m0/s1. The van der Waals surface area contributed by atoms with Crippen LogP contribution in [0.3, 0.4) is 0 Å². The molecule has 1 saturated carbocycles. The van der Waals surface area contributed by atoms with Crippen molar-refractivity contribution >= 4 is 17.8 Å². The predicted molar refractivity (Wildman–Crippen MR) is 101 cm³/mol. The van der Waals surface area contributed by atoms with Crippen LogP contribution in [0, 0.1) is 17.8 Å². The van der Waals surface area contributed by atoms with E-state index in [1.165, 1.54) is 13.2 Å². The molecule has 0 saturated heterocycles. The molecular formula is C21H25NO5. The highest BCUT2D eigenvalue weighted by Crippen LogP contribution is 2.39. The highest BCUT2D eigenvalue weighted by molar-refractivity contribution is 5.94. The molecule has 144 valence electrons. The Balaban J connectivity index is 2.30. The van der Waals surface area contributed by atoms with E-state index in [0.29, 0.717) is 12.0 Å². The molecule has 0 radical (unpaired) electrons. The first kappa shape index (κ1) is 20.4. The van der Waals surface area contributed by atoms with Crippen molar-refractivity contribution in [2.45, 2.75) is 19.4 Å².